The molecule has 4 amide bonds. The molecule has 3 aliphatic rings. The highest BCUT2D eigenvalue weighted by Crippen LogP contribution is 2.40. The van der Waals surface area contributed by atoms with Crippen molar-refractivity contribution in [2.75, 3.05) is 76.5 Å². The number of nitriles is 1. The molecular formula is C50H63ClN8O15. The number of aliphatic hydroxyl groups is 3. The minimum Gasteiger partial charge on any atom is -0.494 e. The fourth-order valence-corrected chi connectivity index (χ4v) is 7.55. The summed E-state index contributed by atoms with van der Waals surface area (Å²) < 4.78 is 35.0. The Morgan fingerprint density at radius 1 is 0.811 bits per heavy atom. The number of guanidine groups is 1. The van der Waals surface area contributed by atoms with Crippen molar-refractivity contribution in [2.45, 2.75) is 82.2 Å². The number of piperidine rings is 1. The highest BCUT2D eigenvalue weighted by atomic mass is 35.5. The number of rotatable bonds is 30. The number of likely N-dealkylation sites (tertiary alicyclic amines) is 1. The minimum absolute atomic E-state index is 0. The van der Waals surface area contributed by atoms with Crippen LogP contribution in [0.2, 0.25) is 5.02 Å². The van der Waals surface area contributed by atoms with Crippen molar-refractivity contribution in [2.24, 2.45) is 4.99 Å². The van der Waals surface area contributed by atoms with Crippen molar-refractivity contribution in [1.29, 1.82) is 5.26 Å². The first-order valence-corrected chi connectivity index (χ1v) is 24.1. The highest BCUT2D eigenvalue weighted by Gasteiger charge is 2.49. The molecule has 2 aliphatic heterocycles. The van der Waals surface area contributed by atoms with Gasteiger partial charge in [-0.3, -0.25) is 34.4 Å². The zero-order valence-electron chi connectivity index (χ0n) is 40.9. The Labute approximate surface area is 433 Å². The van der Waals surface area contributed by atoms with E-state index >= 15 is 0 Å². The number of pyridine rings is 1. The molecule has 23 nitrogen and oxygen atoms in total. The van der Waals surface area contributed by atoms with Crippen molar-refractivity contribution in [3.8, 4) is 17.7 Å². The van der Waals surface area contributed by atoms with Gasteiger partial charge in [-0.1, -0.05) is 18.0 Å². The summed E-state index contributed by atoms with van der Waals surface area (Å²) in [7, 11) is 0. The van der Waals surface area contributed by atoms with Gasteiger partial charge in [-0.15, -0.1) is 0 Å². The van der Waals surface area contributed by atoms with Gasteiger partial charge in [0.25, 0.3) is 11.8 Å². The third kappa shape index (κ3) is 18.0. The number of anilines is 2. The number of ether oxygens (including phenoxy) is 6. The van der Waals surface area contributed by atoms with Gasteiger partial charge in [0.1, 0.15) is 29.8 Å². The average Bonchev–Trinajstić information content (AvgIpc) is 4.14. The van der Waals surface area contributed by atoms with E-state index in [1.807, 2.05) is 22.9 Å². The van der Waals surface area contributed by atoms with Gasteiger partial charge in [0.15, 0.2) is 31.2 Å². The Bertz CT molecular complexity index is 2450. The SMILES string of the molecule is N#CNC(=NCCCCCCOc1ccc(Cl)cc1)Nc1cc[n+](Cc2ccc(O[C@@H]3O[C@H](C(=O)O)[C@@H](O)[C@H](O)[C@H]3O)c(NC(=O)CCNC(=O)CCOCCOCCOCCN3C(=O)C4=C(C4)C3=O)c2)cc1.[CH3-]. The number of unbranched alkanes of at least 4 members (excludes halogenated alkanes) is 3. The molecule has 8 N–H and O–H groups in total. The molecule has 0 unspecified atom stereocenters. The van der Waals surface area contributed by atoms with E-state index in [0.717, 1.165) is 31.4 Å². The van der Waals surface area contributed by atoms with E-state index in [9.17, 15) is 49.7 Å². The van der Waals surface area contributed by atoms with Crippen molar-refractivity contribution in [3.63, 3.8) is 0 Å². The zero-order valence-corrected chi connectivity index (χ0v) is 41.7. The molecule has 24 heteroatoms. The number of aromatic nitrogens is 1. The van der Waals surface area contributed by atoms with Crippen LogP contribution in [0.25, 0.3) is 0 Å². The topological polar surface area (TPSA) is 313 Å². The van der Waals surface area contributed by atoms with Crippen LogP contribution in [-0.4, -0.2) is 157 Å². The molecule has 6 rings (SSSR count). The van der Waals surface area contributed by atoms with Crippen molar-refractivity contribution in [1.82, 2.24) is 15.5 Å². The highest BCUT2D eigenvalue weighted by molar-refractivity contribution is 6.30. The third-order valence-electron chi connectivity index (χ3n) is 11.4. The molecule has 1 aromatic heterocycles. The van der Waals surface area contributed by atoms with E-state index in [-0.39, 0.29) is 115 Å². The monoisotopic (exact) mass is 1050 g/mol. The summed E-state index contributed by atoms with van der Waals surface area (Å²) in [6.07, 6.45) is -0.0326. The number of halogens is 1. The Kier molecular flexibility index (Phi) is 23.4. The molecule has 1 aliphatic carbocycles. The van der Waals surface area contributed by atoms with Crippen molar-refractivity contribution >= 4 is 58.5 Å². The van der Waals surface area contributed by atoms with E-state index in [1.54, 1.807) is 48.8 Å². The first kappa shape index (κ1) is 58.1. The van der Waals surface area contributed by atoms with Gasteiger partial charge < -0.3 is 72.2 Å². The number of benzene rings is 2. The van der Waals surface area contributed by atoms with Gasteiger partial charge in [-0.25, -0.2) is 9.36 Å². The van der Waals surface area contributed by atoms with Crippen LogP contribution >= 0.6 is 11.6 Å². The molecule has 1 saturated heterocycles. The van der Waals surface area contributed by atoms with E-state index in [1.165, 1.54) is 11.0 Å². The summed E-state index contributed by atoms with van der Waals surface area (Å²) in [6.45, 7) is 2.84. The van der Waals surface area contributed by atoms with Crippen LogP contribution in [0.4, 0.5) is 11.4 Å². The predicted octanol–water partition coefficient (Wildman–Crippen LogP) is 1.83. The largest absolute Gasteiger partial charge is 0.494 e. The third-order valence-corrected chi connectivity index (χ3v) is 11.7. The summed E-state index contributed by atoms with van der Waals surface area (Å²) in [5.41, 5.74) is 2.61. The first-order chi connectivity index (χ1) is 35.3. The molecule has 3 aromatic rings. The van der Waals surface area contributed by atoms with E-state index in [4.69, 9.17) is 40.0 Å². The van der Waals surface area contributed by atoms with Gasteiger partial charge in [0.2, 0.25) is 24.1 Å². The molecule has 0 radical (unpaired) electrons. The van der Waals surface area contributed by atoms with Crippen molar-refractivity contribution < 1.29 is 77.4 Å². The van der Waals surface area contributed by atoms with Gasteiger partial charge in [0.05, 0.1) is 64.2 Å². The average molecular weight is 1050 g/mol. The van der Waals surface area contributed by atoms with Gasteiger partial charge >= 0.3 is 5.97 Å². The second kappa shape index (κ2) is 29.8. The number of aliphatic hydroxyl groups excluding tert-OH is 3. The number of hydrogen-bond donors (Lipinski definition) is 8. The van der Waals surface area contributed by atoms with E-state index < -0.39 is 42.6 Å². The van der Waals surface area contributed by atoms with Crippen LogP contribution < -0.4 is 35.3 Å². The standard InChI is InChI=1S/C49H59ClN8O15.CH3/c50-32-6-8-34(9-7-32)71-20-4-2-1-3-15-53-49(54-30-51)55-33-12-17-57(18-13-33)29-31-5-10-38(72-48-43(63)41(61)42(62)44(73-48)47(66)67)37(27-31)56-40(60)11-16-52-39(59)14-21-68-23-25-70-26-24-69-22-19-58-45(64)35-28-36(35)46(58)65;/h5-10,12-13,17-18,27,41-44,48,61-63H,1-4,11,14-16,19-26,28-29H2,(H4,52,53,54,56,59,60,66,67);1H3/q;-1/p+1/t41-,42-,43+,44-,48+;/m0./s1. The number of carbonyl (C=O) groups is 5. The molecule has 0 spiro atoms. The first-order valence-electron chi connectivity index (χ1n) is 23.8. The predicted molar refractivity (Wildman–Crippen MR) is 265 cm³/mol. The Morgan fingerprint density at radius 2 is 1.49 bits per heavy atom. The smallest absolute Gasteiger partial charge is 0.335 e. The summed E-state index contributed by atoms with van der Waals surface area (Å²) in [4.78, 5) is 67.0. The molecule has 400 valence electrons. The van der Waals surface area contributed by atoms with Crippen LogP contribution in [0.5, 0.6) is 11.5 Å². The summed E-state index contributed by atoms with van der Waals surface area (Å²) in [5, 5.41) is 61.7. The maximum Gasteiger partial charge on any atom is 0.335 e. The molecule has 0 bridgehead atoms. The summed E-state index contributed by atoms with van der Waals surface area (Å²) in [5.74, 6) is -1.97. The number of nitrogens with one attached hydrogen (secondary N) is 4. The second-order valence-corrected chi connectivity index (χ2v) is 17.3. The number of imide groups is 1. The lowest BCUT2D eigenvalue weighted by molar-refractivity contribution is -0.688. The van der Waals surface area contributed by atoms with E-state index in [0.29, 0.717) is 47.0 Å². The fraction of sp³-hybridized carbons (Fsp3) is 0.460. The lowest BCUT2D eigenvalue weighted by Crippen LogP contribution is -2.61. The van der Waals surface area contributed by atoms with Crippen LogP contribution in [0.15, 0.2) is 83.1 Å². The number of carboxylic acid groups (broad SMARTS) is 1. The maximum absolute atomic E-state index is 13.2. The molecular weight excluding hydrogens is 988 g/mol. The van der Waals surface area contributed by atoms with Gasteiger partial charge in [-0.2, -0.15) is 5.26 Å². The molecule has 74 heavy (non-hydrogen) atoms. The van der Waals surface area contributed by atoms with Crippen LogP contribution in [0.1, 0.15) is 50.5 Å². The number of carbonyl (C=O) groups excluding carboxylic acids is 4. The molecule has 0 saturated carbocycles. The number of amides is 4. The zero-order chi connectivity index (χ0) is 52.1. The Balaban J connectivity index is 0.0000101. The Hall–Kier alpha value is -6.75. The number of carboxylic acids is 1. The van der Waals surface area contributed by atoms with Gasteiger partial charge in [0, 0.05) is 66.2 Å². The van der Waals surface area contributed by atoms with Crippen LogP contribution in [0.3, 0.4) is 0 Å². The maximum atomic E-state index is 13.2. The number of aliphatic imine (C=N–C) groups is 1. The normalized spacial score (nSPS) is 19.0. The quantitative estimate of drug-likeness (QED) is 0.00690. The van der Waals surface area contributed by atoms with Gasteiger partial charge in [-0.05, 0) is 61.7 Å². The van der Waals surface area contributed by atoms with Crippen LogP contribution in [-0.2, 0) is 49.5 Å². The Morgan fingerprint density at radius 3 is 2.18 bits per heavy atom. The number of aliphatic carboxylic acids is 1. The molecule has 3 heterocycles. The lowest BCUT2D eigenvalue weighted by Gasteiger charge is -2.38. The van der Waals surface area contributed by atoms with Crippen molar-refractivity contribution in [3.05, 3.63) is 96.1 Å². The molecule has 1 fully saturated rings. The number of hydrogen-bond acceptors (Lipinski definition) is 16. The lowest BCUT2D eigenvalue weighted by atomic mass is 9.99. The molecule has 2 aromatic carbocycles. The van der Waals surface area contributed by atoms with Crippen LogP contribution in [0, 0.1) is 18.9 Å². The number of nitrogens with zero attached hydrogens (tertiary/aromatic N) is 4. The minimum atomic E-state index is -1.94. The fourth-order valence-electron chi connectivity index (χ4n) is 7.43. The summed E-state index contributed by atoms with van der Waals surface area (Å²) in [6, 6.07) is 15.5. The second-order valence-electron chi connectivity index (χ2n) is 16.9. The summed E-state index contributed by atoms with van der Waals surface area (Å²) >= 11 is 5.92. The molecule has 5 atom stereocenters. The van der Waals surface area contributed by atoms with E-state index in [2.05, 4.69) is 26.3 Å².